The minimum absolute atomic E-state index is 0.0904. The number of carbonyl (C=O) groups is 6. The van der Waals surface area contributed by atoms with Crippen LogP contribution < -0.4 is 5.73 Å². The van der Waals surface area contributed by atoms with Crippen molar-refractivity contribution in [3.05, 3.63) is 0 Å². The van der Waals surface area contributed by atoms with Gasteiger partial charge in [-0.3, -0.25) is 28.8 Å². The van der Waals surface area contributed by atoms with E-state index in [0.717, 1.165) is 44.9 Å². The predicted molar refractivity (Wildman–Crippen MR) is 168 cm³/mol. The molecule has 6 N–H and O–H groups in total. The zero-order chi connectivity index (χ0) is 34.8. The number of fused-ring (bicyclic) bond motifs is 5. The second kappa shape index (κ2) is 14.6. The lowest BCUT2D eigenvalue weighted by atomic mass is 9.44. The molecule has 11 atom stereocenters. The lowest BCUT2D eigenvalue weighted by Gasteiger charge is -2.61. The summed E-state index contributed by atoms with van der Waals surface area (Å²) in [6, 6.07) is -1.32. The van der Waals surface area contributed by atoms with Gasteiger partial charge < -0.3 is 30.9 Å². The summed E-state index contributed by atoms with van der Waals surface area (Å²) in [7, 11) is 0. The molecule has 4 aliphatic carbocycles. The Balaban J connectivity index is 1.37. The molecule has 0 aliphatic heterocycles. The second-order valence-corrected chi connectivity index (χ2v) is 15.7. The van der Waals surface area contributed by atoms with E-state index in [-0.39, 0.29) is 29.3 Å². The number of carboxylic acid groups (broad SMARTS) is 4. The molecule has 12 heteroatoms. The van der Waals surface area contributed by atoms with Gasteiger partial charge in [-0.05, 0) is 117 Å². The van der Waals surface area contributed by atoms with Crippen molar-refractivity contribution in [2.24, 2.45) is 63.9 Å². The van der Waals surface area contributed by atoms with Gasteiger partial charge in [0, 0.05) is 6.42 Å². The van der Waals surface area contributed by atoms with E-state index in [0.29, 0.717) is 48.9 Å². The molecule has 0 spiro atoms. The number of nitrogens with two attached hydrogens (primary N) is 1. The van der Waals surface area contributed by atoms with Gasteiger partial charge >= 0.3 is 29.8 Å². The summed E-state index contributed by atoms with van der Waals surface area (Å²) in [5.41, 5.74) is 5.89. The molecule has 5 unspecified atom stereocenters. The third-order valence-corrected chi connectivity index (χ3v) is 13.2. The second-order valence-electron chi connectivity index (χ2n) is 15.7. The van der Waals surface area contributed by atoms with Gasteiger partial charge in [-0.2, -0.15) is 0 Å². The lowest BCUT2D eigenvalue weighted by Crippen LogP contribution is -2.54. The predicted octanol–water partition coefficient (Wildman–Crippen LogP) is 4.61. The van der Waals surface area contributed by atoms with Crippen LogP contribution in [0.3, 0.4) is 0 Å². The maximum Gasteiger partial charge on any atom is 0.317 e. The Labute approximate surface area is 276 Å². The summed E-state index contributed by atoms with van der Waals surface area (Å²) in [5, 5.41) is 37.0. The zero-order valence-electron chi connectivity index (χ0n) is 27.9. The van der Waals surface area contributed by atoms with E-state index in [1.165, 1.54) is 0 Å². The molecule has 0 bridgehead atoms. The molecular weight excluding hydrogens is 610 g/mol. The van der Waals surface area contributed by atoms with Crippen LogP contribution in [0.5, 0.6) is 0 Å². The number of ketones is 1. The fourth-order valence-corrected chi connectivity index (χ4v) is 10.7. The average molecular weight is 664 g/mol. The minimum Gasteiger partial charge on any atom is -0.481 e. The Bertz CT molecular complexity index is 1220. The number of carboxylic acids is 4. The molecule has 4 saturated carbocycles. The van der Waals surface area contributed by atoms with Crippen LogP contribution in [0, 0.1) is 58.2 Å². The number of ether oxygens (including phenoxy) is 1. The largest absolute Gasteiger partial charge is 0.481 e. The third kappa shape index (κ3) is 7.84. The van der Waals surface area contributed by atoms with Crippen molar-refractivity contribution in [1.82, 2.24) is 0 Å². The van der Waals surface area contributed by atoms with Gasteiger partial charge in [0.1, 0.15) is 6.10 Å². The standard InChI is InChI=1S/C35H53NO11/c1-18(4-6-23(31(42)43)32(44)45)24-8-9-25-22-7-5-20-16-21(10-12-34(20,2)26(22)11-13-35(24,25)3)47-33(46)19(15-29(38)39)14-28(37)27(36)17-30(40)41/h18-27H,4-17,36H2,1-3H3,(H,38,39)(H,40,41)(H,42,43)(H,44,45)/t18-,19+,20?,21-,22?,24?,25?,26?,27+,34+,35-/m1/s1. The van der Waals surface area contributed by atoms with Crippen molar-refractivity contribution in [2.45, 2.75) is 123 Å². The highest BCUT2D eigenvalue weighted by Crippen LogP contribution is 2.68. The molecule has 0 saturated heterocycles. The number of rotatable bonds is 15. The van der Waals surface area contributed by atoms with Crippen LogP contribution in [0.15, 0.2) is 0 Å². The monoisotopic (exact) mass is 663 g/mol. The SMILES string of the molecule is C[C@H](CCC(C(=O)O)C(=O)O)C1CCC2C3CCC4C[C@H](OC(=O)[C@H](CC(=O)O)CC(=O)[C@@H](N)CC(=O)O)CC[C@]4(C)C3CC[C@@]21C. The van der Waals surface area contributed by atoms with Gasteiger partial charge in [0.2, 0.25) is 0 Å². The molecule has 0 heterocycles. The number of aliphatic carboxylic acids is 4. The summed E-state index contributed by atoms with van der Waals surface area (Å²) < 4.78 is 5.86. The highest BCUT2D eigenvalue weighted by atomic mass is 16.5. The molecule has 12 nitrogen and oxygen atoms in total. The molecule has 0 aromatic rings. The van der Waals surface area contributed by atoms with Crippen molar-refractivity contribution in [2.75, 3.05) is 0 Å². The summed E-state index contributed by atoms with van der Waals surface area (Å²) in [4.78, 5) is 70.9. The molecule has 47 heavy (non-hydrogen) atoms. The first-order valence-corrected chi connectivity index (χ1v) is 17.4. The Hall–Kier alpha value is -3.02. The normalized spacial score (nSPS) is 35.0. The average Bonchev–Trinajstić information content (AvgIpc) is 3.33. The number of carbonyl (C=O) groups excluding carboxylic acids is 2. The van der Waals surface area contributed by atoms with E-state index in [1.807, 2.05) is 0 Å². The highest BCUT2D eigenvalue weighted by molar-refractivity contribution is 5.93. The Morgan fingerprint density at radius 1 is 0.766 bits per heavy atom. The summed E-state index contributed by atoms with van der Waals surface area (Å²) in [6.07, 6.45) is 7.42. The van der Waals surface area contributed by atoms with Gasteiger partial charge in [-0.25, -0.2) is 0 Å². The van der Waals surface area contributed by atoms with Gasteiger partial charge in [-0.15, -0.1) is 0 Å². The van der Waals surface area contributed by atoms with Crippen molar-refractivity contribution in [1.29, 1.82) is 0 Å². The topological polar surface area (TPSA) is 219 Å². The van der Waals surface area contributed by atoms with E-state index < -0.39 is 72.8 Å². The first-order chi connectivity index (χ1) is 22.0. The van der Waals surface area contributed by atoms with E-state index >= 15 is 0 Å². The van der Waals surface area contributed by atoms with E-state index in [2.05, 4.69) is 20.8 Å². The van der Waals surface area contributed by atoms with Crippen molar-refractivity contribution >= 4 is 35.6 Å². The van der Waals surface area contributed by atoms with E-state index in [4.69, 9.17) is 15.6 Å². The van der Waals surface area contributed by atoms with E-state index in [1.54, 1.807) is 0 Å². The quantitative estimate of drug-likeness (QED) is 0.120. The van der Waals surface area contributed by atoms with Gasteiger partial charge in [-0.1, -0.05) is 20.8 Å². The van der Waals surface area contributed by atoms with Crippen molar-refractivity contribution in [3.63, 3.8) is 0 Å². The van der Waals surface area contributed by atoms with Crippen molar-refractivity contribution < 1.29 is 53.9 Å². The molecule has 0 aromatic heterocycles. The van der Waals surface area contributed by atoms with Crippen LogP contribution in [0.2, 0.25) is 0 Å². The zero-order valence-corrected chi connectivity index (χ0v) is 27.9. The van der Waals surface area contributed by atoms with Crippen LogP contribution >= 0.6 is 0 Å². The molecule has 0 aromatic carbocycles. The van der Waals surface area contributed by atoms with Crippen molar-refractivity contribution in [3.8, 4) is 0 Å². The molecule has 264 valence electrons. The maximum atomic E-state index is 13.1. The van der Waals surface area contributed by atoms with Gasteiger partial charge in [0.15, 0.2) is 11.7 Å². The number of esters is 1. The molecule has 4 aliphatic rings. The Morgan fingerprint density at radius 2 is 1.38 bits per heavy atom. The maximum absolute atomic E-state index is 13.1. The van der Waals surface area contributed by atoms with Gasteiger partial charge in [0.25, 0.3) is 0 Å². The van der Waals surface area contributed by atoms with E-state index in [9.17, 15) is 44.1 Å². The Morgan fingerprint density at radius 3 is 2.00 bits per heavy atom. The van der Waals surface area contributed by atoms with Gasteiger partial charge in [0.05, 0.1) is 24.8 Å². The lowest BCUT2D eigenvalue weighted by molar-refractivity contribution is -0.169. The summed E-state index contributed by atoms with van der Waals surface area (Å²) in [6.45, 7) is 6.96. The van der Waals surface area contributed by atoms with Crippen LogP contribution in [0.25, 0.3) is 0 Å². The van der Waals surface area contributed by atoms with Crippen LogP contribution in [-0.4, -0.2) is 68.2 Å². The molecular formula is C35H53NO11. The smallest absolute Gasteiger partial charge is 0.317 e. The summed E-state index contributed by atoms with van der Waals surface area (Å²) >= 11 is 0. The Kier molecular flexibility index (Phi) is 11.4. The molecule has 0 amide bonds. The first kappa shape index (κ1) is 36.8. The first-order valence-electron chi connectivity index (χ1n) is 17.4. The van der Waals surface area contributed by atoms with Crippen LogP contribution in [0.4, 0.5) is 0 Å². The molecule has 4 fully saturated rings. The number of Topliss-reactive ketones (excluding diaryl/α,β-unsaturated/α-hetero) is 1. The third-order valence-electron chi connectivity index (χ3n) is 13.2. The molecule has 0 radical (unpaired) electrons. The number of hydrogen-bond acceptors (Lipinski definition) is 8. The van der Waals surface area contributed by atoms with Crippen LogP contribution in [-0.2, 0) is 33.5 Å². The fourth-order valence-electron chi connectivity index (χ4n) is 10.7. The van der Waals surface area contributed by atoms with Crippen LogP contribution in [0.1, 0.15) is 111 Å². The highest BCUT2D eigenvalue weighted by Gasteiger charge is 2.61. The number of hydrogen-bond donors (Lipinski definition) is 5. The minimum atomic E-state index is -1.37. The molecule has 4 rings (SSSR count). The fraction of sp³-hybridized carbons (Fsp3) is 0.829. The summed E-state index contributed by atoms with van der Waals surface area (Å²) in [5.74, 6) is -6.35.